The number of nitrogens with two attached hydrogens (primary N) is 1. The third-order valence-electron chi connectivity index (χ3n) is 10.1. The molecule has 8 aromatic carbocycles. The Morgan fingerprint density at radius 3 is 1.62 bits per heavy atom. The molecule has 0 saturated carbocycles. The van der Waals surface area contributed by atoms with E-state index >= 15 is 0 Å². The number of allylic oxidation sites excluding steroid dienone is 3. The van der Waals surface area contributed by atoms with Crippen molar-refractivity contribution in [3.8, 4) is 22.3 Å². The van der Waals surface area contributed by atoms with Crippen molar-refractivity contribution in [2.24, 2.45) is 5.73 Å². The van der Waals surface area contributed by atoms with Crippen molar-refractivity contribution >= 4 is 22.0 Å². The zero-order valence-corrected chi connectivity index (χ0v) is 29.6. The molecule has 0 atom stereocenters. The molecule has 0 spiro atoms. The maximum absolute atomic E-state index is 6.68. The van der Waals surface area contributed by atoms with Crippen molar-refractivity contribution in [3.05, 3.63) is 252 Å². The van der Waals surface area contributed by atoms with E-state index in [9.17, 15) is 0 Å². The smallest absolute Gasteiger partial charge is 0.0393 e. The zero-order valence-electron chi connectivity index (χ0n) is 29.6. The van der Waals surface area contributed by atoms with Gasteiger partial charge >= 0.3 is 0 Å². The largest absolute Gasteiger partial charge is 0.398 e. The Morgan fingerprint density at radius 1 is 0.453 bits per heavy atom. The molecule has 8 aromatic rings. The molecule has 0 amide bonds. The number of fused-ring (bicyclic) bond motifs is 1. The second-order valence-electron chi connectivity index (χ2n) is 13.5. The first-order valence-corrected chi connectivity index (χ1v) is 18.3. The minimum Gasteiger partial charge on any atom is -0.398 e. The van der Waals surface area contributed by atoms with Crippen molar-refractivity contribution in [1.82, 2.24) is 0 Å². The lowest BCUT2D eigenvalue weighted by molar-refractivity contribution is 0.978. The molecule has 254 valence electrons. The quantitative estimate of drug-likeness (QED) is 0.113. The van der Waals surface area contributed by atoms with Gasteiger partial charge in [0.1, 0.15) is 0 Å². The Morgan fingerprint density at radius 2 is 0.981 bits per heavy atom. The van der Waals surface area contributed by atoms with E-state index < -0.39 is 0 Å². The third kappa shape index (κ3) is 7.52. The molecule has 0 aromatic heterocycles. The van der Waals surface area contributed by atoms with Gasteiger partial charge in [0, 0.05) is 11.6 Å². The van der Waals surface area contributed by atoms with Crippen molar-refractivity contribution in [1.29, 1.82) is 0 Å². The molecule has 0 bridgehead atoms. The van der Waals surface area contributed by atoms with Gasteiger partial charge in [0.15, 0.2) is 0 Å². The van der Waals surface area contributed by atoms with E-state index in [0.717, 1.165) is 28.8 Å². The van der Waals surface area contributed by atoms with Crippen molar-refractivity contribution in [2.45, 2.75) is 12.3 Å². The fraction of sp³-hybridized carbons (Fsp3) is 0.0385. The molecule has 1 heteroatoms. The van der Waals surface area contributed by atoms with Crippen molar-refractivity contribution < 1.29 is 0 Å². The van der Waals surface area contributed by atoms with E-state index in [0.29, 0.717) is 0 Å². The van der Waals surface area contributed by atoms with Crippen LogP contribution < -0.4 is 5.73 Å². The van der Waals surface area contributed by atoms with Crippen molar-refractivity contribution in [2.75, 3.05) is 0 Å². The van der Waals surface area contributed by atoms with Gasteiger partial charge in [-0.1, -0.05) is 212 Å². The van der Waals surface area contributed by atoms with Gasteiger partial charge in [-0.15, -0.1) is 0 Å². The zero-order chi connectivity index (χ0) is 35.8. The molecule has 53 heavy (non-hydrogen) atoms. The highest BCUT2D eigenvalue weighted by atomic mass is 14.6. The standard InChI is InChI=1S/C52H41N/c53-50(42-18-7-2-8-19-42)37-47(26-25-38-15-5-1-6-16-38)39-27-29-41(30-28-39)49-36-35-40-17-13-14-24-48(40)52(49)46-33-31-45(32-34-46)51(43-20-9-3-10-21-43)44-22-11-4-12-23-44/h1-24,26-37,51H,25,53H2/b47-26+,50-37-. The van der Waals surface area contributed by atoms with Gasteiger partial charge in [0.05, 0.1) is 0 Å². The summed E-state index contributed by atoms with van der Waals surface area (Å²) in [6.45, 7) is 0. The molecule has 0 aliphatic heterocycles. The van der Waals surface area contributed by atoms with E-state index in [-0.39, 0.29) is 5.92 Å². The van der Waals surface area contributed by atoms with Crippen LogP contribution in [-0.4, -0.2) is 0 Å². The van der Waals surface area contributed by atoms with Crippen LogP contribution in [0.15, 0.2) is 218 Å². The molecular weight excluding hydrogens is 639 g/mol. The lowest BCUT2D eigenvalue weighted by atomic mass is 9.83. The summed E-state index contributed by atoms with van der Waals surface area (Å²) >= 11 is 0. The SMILES string of the molecule is N/C(=C\C(=C/Cc1ccccc1)c1ccc(-c2ccc3ccccc3c2-c2ccc(C(c3ccccc3)c3ccccc3)cc2)cc1)c1ccccc1. The predicted octanol–water partition coefficient (Wildman–Crippen LogP) is 13.0. The first-order valence-electron chi connectivity index (χ1n) is 18.3. The Labute approximate surface area is 313 Å². The minimum absolute atomic E-state index is 0.153. The molecule has 8 rings (SSSR count). The molecule has 0 fully saturated rings. The summed E-state index contributed by atoms with van der Waals surface area (Å²) in [4.78, 5) is 0. The van der Waals surface area contributed by atoms with Crippen LogP contribution in [-0.2, 0) is 6.42 Å². The van der Waals surface area contributed by atoms with Crippen LogP contribution in [0, 0.1) is 0 Å². The lowest BCUT2D eigenvalue weighted by Crippen LogP contribution is -2.03. The summed E-state index contributed by atoms with van der Waals surface area (Å²) in [6.07, 6.45) is 5.20. The lowest BCUT2D eigenvalue weighted by Gasteiger charge is -2.20. The third-order valence-corrected chi connectivity index (χ3v) is 10.1. The molecule has 2 N–H and O–H groups in total. The van der Waals surface area contributed by atoms with E-state index in [1.54, 1.807) is 0 Å². The summed E-state index contributed by atoms with van der Waals surface area (Å²) in [5, 5.41) is 2.47. The fourth-order valence-electron chi connectivity index (χ4n) is 7.36. The van der Waals surface area contributed by atoms with E-state index in [1.165, 1.54) is 55.3 Å². The molecule has 0 aliphatic rings. The van der Waals surface area contributed by atoms with E-state index in [2.05, 4.69) is 200 Å². The topological polar surface area (TPSA) is 26.0 Å². The minimum atomic E-state index is 0.153. The maximum Gasteiger partial charge on any atom is 0.0393 e. The average Bonchev–Trinajstić information content (AvgIpc) is 3.24. The number of rotatable bonds is 10. The monoisotopic (exact) mass is 679 g/mol. The molecule has 0 unspecified atom stereocenters. The number of hydrogen-bond donors (Lipinski definition) is 1. The summed E-state index contributed by atoms with van der Waals surface area (Å²) in [5.41, 5.74) is 20.6. The maximum atomic E-state index is 6.68. The highest BCUT2D eigenvalue weighted by Gasteiger charge is 2.18. The molecule has 0 aliphatic carbocycles. The van der Waals surface area contributed by atoms with Gasteiger partial charge in [-0.2, -0.15) is 0 Å². The molecule has 0 saturated heterocycles. The predicted molar refractivity (Wildman–Crippen MR) is 225 cm³/mol. The summed E-state index contributed by atoms with van der Waals surface area (Å²) < 4.78 is 0. The molecule has 0 radical (unpaired) electrons. The van der Waals surface area contributed by atoms with Crippen LogP contribution in [0.25, 0.3) is 44.3 Å². The Balaban J connectivity index is 1.18. The van der Waals surface area contributed by atoms with Gasteiger partial charge < -0.3 is 5.73 Å². The van der Waals surface area contributed by atoms with Crippen LogP contribution in [0.4, 0.5) is 0 Å². The van der Waals surface area contributed by atoms with E-state index in [4.69, 9.17) is 5.73 Å². The van der Waals surface area contributed by atoms with Crippen molar-refractivity contribution in [3.63, 3.8) is 0 Å². The van der Waals surface area contributed by atoms with Gasteiger partial charge in [-0.3, -0.25) is 0 Å². The second kappa shape index (κ2) is 15.7. The summed E-state index contributed by atoms with van der Waals surface area (Å²) in [5.74, 6) is 0.153. The first kappa shape index (κ1) is 33.4. The molecule has 0 heterocycles. The van der Waals surface area contributed by atoms with Gasteiger partial charge in [-0.25, -0.2) is 0 Å². The highest BCUT2D eigenvalue weighted by molar-refractivity contribution is 6.04. The highest BCUT2D eigenvalue weighted by Crippen LogP contribution is 2.40. The van der Waals surface area contributed by atoms with Crippen LogP contribution in [0.3, 0.4) is 0 Å². The van der Waals surface area contributed by atoms with Crippen LogP contribution in [0.1, 0.15) is 39.3 Å². The van der Waals surface area contributed by atoms with Crippen LogP contribution in [0.2, 0.25) is 0 Å². The van der Waals surface area contributed by atoms with Gasteiger partial charge in [0.2, 0.25) is 0 Å². The summed E-state index contributed by atoms with van der Waals surface area (Å²) in [7, 11) is 0. The molecule has 1 nitrogen and oxygen atoms in total. The molecular formula is C52H41N. The second-order valence-corrected chi connectivity index (χ2v) is 13.5. The average molecular weight is 680 g/mol. The normalized spacial score (nSPS) is 11.9. The fourth-order valence-corrected chi connectivity index (χ4v) is 7.36. The first-order chi connectivity index (χ1) is 26.2. The van der Waals surface area contributed by atoms with Gasteiger partial charge in [-0.05, 0) is 84.5 Å². The van der Waals surface area contributed by atoms with Gasteiger partial charge in [0.25, 0.3) is 0 Å². The Hall–Kier alpha value is -6.70. The number of hydrogen-bond acceptors (Lipinski definition) is 1. The Bertz CT molecular complexity index is 2440. The Kier molecular flexibility index (Phi) is 9.89. The van der Waals surface area contributed by atoms with E-state index in [1.807, 2.05) is 18.2 Å². The summed E-state index contributed by atoms with van der Waals surface area (Å²) in [6, 6.07) is 73.7. The number of benzene rings is 8. The van der Waals surface area contributed by atoms with Crippen LogP contribution >= 0.6 is 0 Å². The van der Waals surface area contributed by atoms with Crippen LogP contribution in [0.5, 0.6) is 0 Å².